The Morgan fingerprint density at radius 2 is 1.93 bits per heavy atom. The van der Waals surface area contributed by atoms with E-state index in [0.29, 0.717) is 17.6 Å². The van der Waals surface area contributed by atoms with Gasteiger partial charge in [-0.15, -0.1) is 16.8 Å². The lowest BCUT2D eigenvalue weighted by Gasteiger charge is -2.11. The van der Waals surface area contributed by atoms with Crippen molar-refractivity contribution < 1.29 is 4.79 Å². The van der Waals surface area contributed by atoms with E-state index >= 15 is 0 Å². The maximum Gasteiger partial charge on any atom is 0.234 e. The van der Waals surface area contributed by atoms with Gasteiger partial charge in [0, 0.05) is 17.8 Å². The van der Waals surface area contributed by atoms with Crippen LogP contribution in [-0.2, 0) is 11.3 Å². The molecule has 0 spiro atoms. The van der Waals surface area contributed by atoms with E-state index in [2.05, 4.69) is 61.1 Å². The van der Waals surface area contributed by atoms with E-state index in [-0.39, 0.29) is 11.7 Å². The molecule has 0 saturated heterocycles. The Balaban J connectivity index is 1.67. The summed E-state index contributed by atoms with van der Waals surface area (Å²) in [4.78, 5) is 12.5. The number of rotatable bonds is 9. The third-order valence-corrected chi connectivity index (χ3v) is 6.09. The highest BCUT2D eigenvalue weighted by atomic mass is 32.2. The number of nitrogens with one attached hydrogen (secondary N) is 1. The molecule has 0 aliphatic heterocycles. The van der Waals surface area contributed by atoms with Crippen LogP contribution in [0.15, 0.2) is 66.3 Å². The van der Waals surface area contributed by atoms with Crippen LogP contribution < -0.4 is 5.32 Å². The van der Waals surface area contributed by atoms with Gasteiger partial charge >= 0.3 is 0 Å². The van der Waals surface area contributed by atoms with Crippen LogP contribution in [-0.4, -0.2) is 26.4 Å². The Labute approximate surface area is 182 Å². The highest BCUT2D eigenvalue weighted by Crippen LogP contribution is 2.26. The summed E-state index contributed by atoms with van der Waals surface area (Å²) in [7, 11) is 0. The van der Waals surface area contributed by atoms with Crippen molar-refractivity contribution in [3.8, 4) is 11.4 Å². The van der Waals surface area contributed by atoms with Crippen LogP contribution in [0.3, 0.4) is 0 Å². The van der Waals surface area contributed by atoms with Crippen LogP contribution in [0.5, 0.6) is 0 Å². The lowest BCUT2D eigenvalue weighted by atomic mass is 9.99. The molecule has 1 atom stereocenters. The summed E-state index contributed by atoms with van der Waals surface area (Å²) in [5, 5.41) is 12.4. The van der Waals surface area contributed by atoms with E-state index in [1.54, 1.807) is 0 Å². The fraction of sp³-hybridized carbons (Fsp3) is 0.292. The molecule has 3 rings (SSSR count). The van der Waals surface area contributed by atoms with Crippen molar-refractivity contribution in [2.45, 2.75) is 44.8 Å². The van der Waals surface area contributed by atoms with E-state index < -0.39 is 0 Å². The molecule has 0 aliphatic carbocycles. The molecule has 5 nitrogen and oxygen atoms in total. The molecule has 0 saturated carbocycles. The number of carbonyl (C=O) groups excluding carboxylic acids is 1. The number of amides is 1. The SMILES string of the molecule is C=CCn1c(SCC(=O)Nc2ccc(C(C)CC)cc2)nnc1-c1ccccc1C. The molecule has 0 fully saturated rings. The molecule has 0 aliphatic rings. The van der Waals surface area contributed by atoms with Gasteiger partial charge in [-0.3, -0.25) is 9.36 Å². The summed E-state index contributed by atoms with van der Waals surface area (Å²) < 4.78 is 1.99. The van der Waals surface area contributed by atoms with Crippen molar-refractivity contribution in [1.82, 2.24) is 14.8 Å². The first-order valence-corrected chi connectivity index (χ1v) is 11.1. The number of hydrogen-bond acceptors (Lipinski definition) is 4. The maximum atomic E-state index is 12.5. The molecule has 30 heavy (non-hydrogen) atoms. The number of carbonyl (C=O) groups is 1. The molecule has 0 bridgehead atoms. The topological polar surface area (TPSA) is 59.8 Å². The summed E-state index contributed by atoms with van der Waals surface area (Å²) in [6.45, 7) is 10.9. The summed E-state index contributed by atoms with van der Waals surface area (Å²) in [6, 6.07) is 16.1. The largest absolute Gasteiger partial charge is 0.325 e. The van der Waals surface area contributed by atoms with E-state index in [0.717, 1.165) is 29.1 Å². The lowest BCUT2D eigenvalue weighted by Crippen LogP contribution is -2.14. The lowest BCUT2D eigenvalue weighted by molar-refractivity contribution is -0.113. The molecule has 156 valence electrons. The Hall–Kier alpha value is -2.86. The van der Waals surface area contributed by atoms with Crippen LogP contribution in [0.2, 0.25) is 0 Å². The zero-order valence-corrected chi connectivity index (χ0v) is 18.6. The zero-order valence-electron chi connectivity index (χ0n) is 17.8. The van der Waals surface area contributed by atoms with Crippen molar-refractivity contribution in [2.24, 2.45) is 0 Å². The van der Waals surface area contributed by atoms with Crippen LogP contribution in [0.25, 0.3) is 11.4 Å². The predicted molar refractivity (Wildman–Crippen MR) is 125 cm³/mol. The molecular formula is C24H28N4OS. The van der Waals surface area contributed by atoms with Gasteiger partial charge in [-0.1, -0.05) is 68.1 Å². The Bertz CT molecular complexity index is 1010. The van der Waals surface area contributed by atoms with E-state index in [1.165, 1.54) is 17.3 Å². The van der Waals surface area contributed by atoms with Crippen LogP contribution in [0.4, 0.5) is 5.69 Å². The minimum Gasteiger partial charge on any atom is -0.325 e. The van der Waals surface area contributed by atoms with Crippen molar-refractivity contribution in [1.29, 1.82) is 0 Å². The number of allylic oxidation sites excluding steroid dienone is 1. The number of nitrogens with zero attached hydrogens (tertiary/aromatic N) is 3. The van der Waals surface area contributed by atoms with Gasteiger partial charge in [0.1, 0.15) is 0 Å². The number of aryl methyl sites for hydroxylation is 1. The number of aromatic nitrogens is 3. The Kier molecular flexibility index (Phi) is 7.46. The van der Waals surface area contributed by atoms with Gasteiger partial charge < -0.3 is 5.32 Å². The Morgan fingerprint density at radius 3 is 2.60 bits per heavy atom. The minimum absolute atomic E-state index is 0.0677. The molecule has 3 aromatic rings. The summed E-state index contributed by atoms with van der Waals surface area (Å²) in [5.74, 6) is 1.50. The first kappa shape index (κ1) is 21.8. The third-order valence-electron chi connectivity index (χ3n) is 5.12. The van der Waals surface area contributed by atoms with Gasteiger partial charge in [0.05, 0.1) is 5.75 Å². The smallest absolute Gasteiger partial charge is 0.234 e. The van der Waals surface area contributed by atoms with Crippen LogP contribution in [0.1, 0.15) is 37.3 Å². The normalized spacial score (nSPS) is 11.8. The van der Waals surface area contributed by atoms with E-state index in [9.17, 15) is 4.79 Å². The predicted octanol–water partition coefficient (Wildman–Crippen LogP) is 5.68. The van der Waals surface area contributed by atoms with Crippen LogP contribution >= 0.6 is 11.8 Å². The van der Waals surface area contributed by atoms with Gasteiger partial charge in [-0.25, -0.2) is 0 Å². The van der Waals surface area contributed by atoms with Crippen molar-refractivity contribution in [2.75, 3.05) is 11.1 Å². The summed E-state index contributed by atoms with van der Waals surface area (Å²) >= 11 is 1.38. The van der Waals surface area contributed by atoms with Crippen LogP contribution in [0, 0.1) is 6.92 Å². The number of benzene rings is 2. The number of hydrogen-bond donors (Lipinski definition) is 1. The number of anilines is 1. The highest BCUT2D eigenvalue weighted by molar-refractivity contribution is 7.99. The van der Waals surface area contributed by atoms with E-state index in [4.69, 9.17) is 0 Å². The fourth-order valence-corrected chi connectivity index (χ4v) is 3.92. The minimum atomic E-state index is -0.0677. The van der Waals surface area contributed by atoms with Gasteiger partial charge in [0.15, 0.2) is 11.0 Å². The second-order valence-corrected chi connectivity index (χ2v) is 8.23. The van der Waals surface area contributed by atoms with Crippen molar-refractivity contribution in [3.63, 3.8) is 0 Å². The molecule has 1 aromatic heterocycles. The monoisotopic (exact) mass is 420 g/mol. The number of thioether (sulfide) groups is 1. The quantitative estimate of drug-likeness (QED) is 0.357. The second kappa shape index (κ2) is 10.3. The van der Waals surface area contributed by atoms with Gasteiger partial charge in [-0.2, -0.15) is 0 Å². The molecular weight excluding hydrogens is 392 g/mol. The molecule has 1 heterocycles. The third kappa shape index (κ3) is 5.19. The standard InChI is InChI=1S/C24H28N4OS/c1-5-15-28-23(21-10-8-7-9-18(21)4)26-27-24(28)30-16-22(29)25-20-13-11-19(12-14-20)17(3)6-2/h5,7-14,17H,1,6,15-16H2,2-4H3,(H,25,29). The molecule has 6 heteroatoms. The molecule has 1 amide bonds. The molecule has 2 aromatic carbocycles. The summed E-state index contributed by atoms with van der Waals surface area (Å²) in [5.41, 5.74) is 4.25. The maximum absolute atomic E-state index is 12.5. The van der Waals surface area contributed by atoms with Crippen molar-refractivity contribution >= 4 is 23.4 Å². The molecule has 1 unspecified atom stereocenters. The van der Waals surface area contributed by atoms with Gasteiger partial charge in [-0.05, 0) is 42.5 Å². The Morgan fingerprint density at radius 1 is 1.20 bits per heavy atom. The highest BCUT2D eigenvalue weighted by Gasteiger charge is 2.16. The van der Waals surface area contributed by atoms with Gasteiger partial charge in [0.25, 0.3) is 0 Å². The van der Waals surface area contributed by atoms with Gasteiger partial charge in [0.2, 0.25) is 5.91 Å². The van der Waals surface area contributed by atoms with E-state index in [1.807, 2.05) is 41.0 Å². The summed E-state index contributed by atoms with van der Waals surface area (Å²) in [6.07, 6.45) is 2.91. The average Bonchev–Trinajstić information content (AvgIpc) is 3.15. The first-order chi connectivity index (χ1) is 14.5. The second-order valence-electron chi connectivity index (χ2n) is 7.29. The first-order valence-electron chi connectivity index (χ1n) is 10.2. The fourth-order valence-electron chi connectivity index (χ4n) is 3.17. The zero-order chi connectivity index (χ0) is 21.5. The molecule has 1 N–H and O–H groups in total. The molecule has 0 radical (unpaired) electrons. The average molecular weight is 421 g/mol. The van der Waals surface area contributed by atoms with Crippen molar-refractivity contribution in [3.05, 3.63) is 72.3 Å².